The van der Waals surface area contributed by atoms with Gasteiger partial charge < -0.3 is 0 Å². The summed E-state index contributed by atoms with van der Waals surface area (Å²) in [4.78, 5) is 4.30. The summed E-state index contributed by atoms with van der Waals surface area (Å²) < 4.78 is 1.12. The van der Waals surface area contributed by atoms with Crippen molar-refractivity contribution in [2.24, 2.45) is 4.90 Å². The van der Waals surface area contributed by atoms with Gasteiger partial charge in [0.2, 0.25) is 0 Å². The van der Waals surface area contributed by atoms with Crippen LogP contribution in [0, 0.1) is 0 Å². The minimum absolute atomic E-state index is 0.345. The van der Waals surface area contributed by atoms with Gasteiger partial charge in [0, 0.05) is 0 Å². The third-order valence-electron chi connectivity index (χ3n) is 1.94. The van der Waals surface area contributed by atoms with E-state index in [2.05, 4.69) is 45.9 Å². The number of halogens is 1. The Morgan fingerprint density at radius 3 is 3.18 bits per heavy atom. The van der Waals surface area contributed by atoms with Gasteiger partial charge in [0.25, 0.3) is 0 Å². The Balaban J connectivity index is 2.58. The summed E-state index contributed by atoms with van der Waals surface area (Å²) in [7, 11) is 1.94. The quantitative estimate of drug-likeness (QED) is 0.578. The first kappa shape index (κ1) is 7.23. The molecule has 0 spiro atoms. The molecule has 0 saturated heterocycles. The molecule has 0 aliphatic carbocycles. The van der Waals surface area contributed by atoms with Gasteiger partial charge in [0.15, 0.2) is 0 Å². The molecule has 0 amide bonds. The average Bonchev–Trinajstić information content (AvgIpc) is 2.32. The Morgan fingerprint density at radius 1 is 1.55 bits per heavy atom. The Morgan fingerprint density at radius 2 is 2.36 bits per heavy atom. The summed E-state index contributed by atoms with van der Waals surface area (Å²) in [6.45, 7) is 2.11. The first-order valence-corrected chi connectivity index (χ1v) is 4.39. The molecule has 1 aromatic rings. The van der Waals surface area contributed by atoms with Crippen molar-refractivity contribution in [3.8, 4) is 0 Å². The van der Waals surface area contributed by atoms with Crippen LogP contribution in [0.5, 0.6) is 0 Å². The Bertz CT molecular complexity index is 322. The molecule has 0 radical (unpaired) electrons. The van der Waals surface area contributed by atoms with Crippen molar-refractivity contribution < 1.29 is 0 Å². The van der Waals surface area contributed by atoms with Gasteiger partial charge in [-0.15, -0.1) is 0 Å². The van der Waals surface area contributed by atoms with E-state index in [0.717, 1.165) is 4.47 Å². The summed E-state index contributed by atoms with van der Waals surface area (Å²) in [5.74, 6) is 0. The van der Waals surface area contributed by atoms with Crippen LogP contribution in [0.3, 0.4) is 0 Å². The molecule has 1 aliphatic heterocycles. The Labute approximate surface area is 74.9 Å². The van der Waals surface area contributed by atoms with Gasteiger partial charge in [-0.1, -0.05) is 0 Å². The molecule has 1 unspecified atom stereocenters. The summed E-state index contributed by atoms with van der Waals surface area (Å²) >= 11 is 3.42. The number of nitrogens with zero attached hydrogens (tertiary/aromatic N) is 1. The third-order valence-corrected chi connectivity index (χ3v) is 2.43. The first-order valence-electron chi connectivity index (χ1n) is 3.60. The number of fused-ring (bicyclic) bond motifs is 1. The second-order valence-corrected chi connectivity index (χ2v) is 3.64. The number of hydrogen-bond donors (Lipinski definition) is 0. The van der Waals surface area contributed by atoms with Gasteiger partial charge in [-0.05, 0) is 0 Å². The number of benzene rings is 1. The normalized spacial score (nSPS) is 19.6. The number of rotatable bonds is 0. The fourth-order valence-corrected chi connectivity index (χ4v) is 1.69. The molecule has 0 bridgehead atoms. The van der Waals surface area contributed by atoms with Crippen molar-refractivity contribution in [3.05, 3.63) is 28.2 Å². The van der Waals surface area contributed by atoms with E-state index in [9.17, 15) is 0 Å². The van der Waals surface area contributed by atoms with Crippen LogP contribution in [0.15, 0.2) is 27.6 Å². The van der Waals surface area contributed by atoms with Gasteiger partial charge in [-0.2, -0.15) is 0 Å². The molecule has 0 fully saturated rings. The molecular weight excluding hydrogens is 201 g/mol. The molecule has 1 nitrogen and oxygen atoms in total. The van der Waals surface area contributed by atoms with Crippen LogP contribution in [0.1, 0.15) is 18.5 Å². The summed E-state index contributed by atoms with van der Waals surface area (Å²) in [6, 6.07) is 6.63. The van der Waals surface area contributed by atoms with E-state index >= 15 is 0 Å². The van der Waals surface area contributed by atoms with Crippen LogP contribution >= 0.6 is 15.9 Å². The molecule has 0 saturated carbocycles. The predicted molar refractivity (Wildman–Crippen MR) is 50.4 cm³/mol. The molecule has 2 rings (SSSR count). The molecule has 54 valence electrons. The molecular formula is C8H7BBrN. The minimum atomic E-state index is 0.345. The fraction of sp³-hybridized carbons (Fsp3) is 0.250. The van der Waals surface area contributed by atoms with Crippen LogP contribution in [0.25, 0.3) is 0 Å². The topological polar surface area (TPSA) is 12.4 Å². The van der Waals surface area contributed by atoms with Gasteiger partial charge in [0.1, 0.15) is 0 Å². The van der Waals surface area contributed by atoms with Gasteiger partial charge in [-0.25, -0.2) is 0 Å². The zero-order valence-electron chi connectivity index (χ0n) is 6.21. The van der Waals surface area contributed by atoms with Crippen LogP contribution in [-0.4, -0.2) is 7.07 Å². The van der Waals surface area contributed by atoms with Gasteiger partial charge in [0.05, 0.1) is 0 Å². The molecule has 0 aromatic heterocycles. The van der Waals surface area contributed by atoms with Crippen molar-refractivity contribution in [2.45, 2.75) is 13.0 Å². The Kier molecular flexibility index (Phi) is 1.68. The predicted octanol–water partition coefficient (Wildman–Crippen LogP) is 2.04. The summed E-state index contributed by atoms with van der Waals surface area (Å²) in [5.41, 5.74) is 2.57. The molecule has 1 aromatic carbocycles. The molecule has 11 heavy (non-hydrogen) atoms. The van der Waals surface area contributed by atoms with E-state index in [1.54, 1.807) is 0 Å². The molecule has 3 heteroatoms. The monoisotopic (exact) mass is 207 g/mol. The number of hydrogen-bond acceptors (Lipinski definition) is 1. The van der Waals surface area contributed by atoms with E-state index in [1.807, 2.05) is 7.07 Å². The van der Waals surface area contributed by atoms with Crippen molar-refractivity contribution in [3.63, 3.8) is 0 Å². The summed E-state index contributed by atoms with van der Waals surface area (Å²) in [5, 5.41) is 0. The second kappa shape index (κ2) is 2.56. The third kappa shape index (κ3) is 1.18. The van der Waals surface area contributed by atoms with Crippen LogP contribution in [0.2, 0.25) is 0 Å². The van der Waals surface area contributed by atoms with E-state index < -0.39 is 0 Å². The fourth-order valence-electron chi connectivity index (χ4n) is 1.31. The summed E-state index contributed by atoms with van der Waals surface area (Å²) in [6.07, 6.45) is 0. The molecule has 1 heterocycles. The first-order chi connectivity index (χ1) is 5.27. The maximum atomic E-state index is 4.30. The van der Waals surface area contributed by atoms with Crippen molar-refractivity contribution in [1.82, 2.24) is 0 Å². The van der Waals surface area contributed by atoms with Gasteiger partial charge >= 0.3 is 74.6 Å². The zero-order valence-corrected chi connectivity index (χ0v) is 7.80. The SMILES string of the molecule is CC1N=Bc2cc(Br)ccc21. The second-order valence-electron chi connectivity index (χ2n) is 2.73. The average molecular weight is 208 g/mol. The van der Waals surface area contributed by atoms with E-state index in [1.165, 1.54) is 11.0 Å². The van der Waals surface area contributed by atoms with Gasteiger partial charge in [-0.3, -0.25) is 0 Å². The van der Waals surface area contributed by atoms with Crippen molar-refractivity contribution >= 4 is 28.5 Å². The Hall–Kier alpha value is -0.435. The zero-order chi connectivity index (χ0) is 7.84. The van der Waals surface area contributed by atoms with Crippen LogP contribution < -0.4 is 5.46 Å². The van der Waals surface area contributed by atoms with E-state index in [0.29, 0.717) is 6.04 Å². The van der Waals surface area contributed by atoms with E-state index in [-0.39, 0.29) is 0 Å². The molecule has 1 atom stereocenters. The van der Waals surface area contributed by atoms with Crippen molar-refractivity contribution in [2.75, 3.05) is 0 Å². The van der Waals surface area contributed by atoms with Crippen LogP contribution in [-0.2, 0) is 0 Å². The standard InChI is InChI=1S/C8H7BBrN/c1-5-7-3-2-6(10)4-8(7)9-11-5/h2-5H,1H3. The molecule has 1 aliphatic rings. The van der Waals surface area contributed by atoms with Crippen LogP contribution in [0.4, 0.5) is 0 Å². The van der Waals surface area contributed by atoms with Crippen molar-refractivity contribution in [1.29, 1.82) is 0 Å². The van der Waals surface area contributed by atoms with E-state index in [4.69, 9.17) is 0 Å². The molecule has 0 N–H and O–H groups in total. The maximum absolute atomic E-state index is 4.30.